The first-order valence-corrected chi connectivity index (χ1v) is 10.4. The molecule has 0 aliphatic carbocycles. The van der Waals surface area contributed by atoms with Gasteiger partial charge in [0.2, 0.25) is 5.91 Å². The van der Waals surface area contributed by atoms with Crippen molar-refractivity contribution < 1.29 is 28.6 Å². The Bertz CT molecular complexity index is 1170. The van der Waals surface area contributed by atoms with E-state index in [1.165, 1.54) is 39.0 Å². The van der Waals surface area contributed by atoms with Crippen LogP contribution in [0.1, 0.15) is 18.4 Å². The van der Waals surface area contributed by atoms with Crippen molar-refractivity contribution in [1.82, 2.24) is 10.5 Å². The van der Waals surface area contributed by atoms with Crippen LogP contribution in [-0.4, -0.2) is 44.8 Å². The fraction of sp³-hybridized carbons (Fsp3) is 0.217. The number of hydrogen-bond donors (Lipinski definition) is 2. The largest absolute Gasteiger partial charge is 0.519 e. The van der Waals surface area contributed by atoms with Gasteiger partial charge in [-0.05, 0) is 47.5 Å². The van der Waals surface area contributed by atoms with Crippen molar-refractivity contribution in [3.63, 3.8) is 0 Å². The first kappa shape index (κ1) is 24.7. The van der Waals surface area contributed by atoms with Crippen molar-refractivity contribution in [2.75, 3.05) is 20.2 Å². The molecule has 2 N–H and O–H groups in total. The minimum Gasteiger partial charge on any atom is -0.427 e. The lowest BCUT2D eigenvalue weighted by atomic mass is 9.97. The number of non-ortho nitro benzene ring substituents is 1. The minimum absolute atomic E-state index is 0.0903. The predicted molar refractivity (Wildman–Crippen MR) is 126 cm³/mol. The van der Waals surface area contributed by atoms with Gasteiger partial charge >= 0.3 is 13.8 Å². The zero-order valence-electron chi connectivity index (χ0n) is 18.6. The third-order valence-electron chi connectivity index (χ3n) is 4.95. The molecule has 0 heterocycles. The summed E-state index contributed by atoms with van der Waals surface area (Å²) >= 11 is 0. The summed E-state index contributed by atoms with van der Waals surface area (Å²) in [4.78, 5) is 34.6. The molecule has 0 unspecified atom stereocenters. The van der Waals surface area contributed by atoms with Crippen LogP contribution in [0.15, 0.2) is 60.7 Å². The van der Waals surface area contributed by atoms with Crippen LogP contribution in [-0.2, 0) is 9.45 Å². The lowest BCUT2D eigenvalue weighted by Gasteiger charge is -2.14. The fourth-order valence-electron chi connectivity index (χ4n) is 3.13. The topological polar surface area (TPSA) is 129 Å². The minimum atomic E-state index is -0.965. The maximum Gasteiger partial charge on any atom is 0.519 e. The van der Waals surface area contributed by atoms with Gasteiger partial charge in [0, 0.05) is 32.3 Å². The molecule has 10 nitrogen and oxygen atoms in total. The SMILES string of the molecule is CO[B]NCCNC(=O)[C@H](C)c1ccc2cc(OC(=O)Oc3ccc([N+](=O)[O-])cc3)ccc2c1. The molecular formula is C23H23BN3O7. The molecule has 3 aromatic carbocycles. The highest BCUT2D eigenvalue weighted by Gasteiger charge is 2.16. The monoisotopic (exact) mass is 464 g/mol. The number of nitrogens with one attached hydrogen (secondary N) is 2. The lowest BCUT2D eigenvalue weighted by Crippen LogP contribution is -2.35. The third-order valence-corrected chi connectivity index (χ3v) is 4.95. The molecule has 1 atom stereocenters. The van der Waals surface area contributed by atoms with Gasteiger partial charge in [-0.2, -0.15) is 0 Å². The van der Waals surface area contributed by atoms with E-state index in [9.17, 15) is 19.7 Å². The molecule has 0 bridgehead atoms. The van der Waals surface area contributed by atoms with Gasteiger partial charge in [0.1, 0.15) is 11.5 Å². The summed E-state index contributed by atoms with van der Waals surface area (Å²) in [5.74, 6) is -0.0323. The second-order valence-electron chi connectivity index (χ2n) is 7.29. The number of benzene rings is 3. The normalized spacial score (nSPS) is 11.5. The highest BCUT2D eigenvalue weighted by molar-refractivity contribution is 6.23. The van der Waals surface area contributed by atoms with Gasteiger partial charge in [-0.15, -0.1) is 0 Å². The molecular weight excluding hydrogens is 441 g/mol. The molecule has 1 amide bonds. The third kappa shape index (κ3) is 6.77. The summed E-state index contributed by atoms with van der Waals surface area (Å²) in [6.07, 6.45) is -0.965. The van der Waals surface area contributed by atoms with Crippen molar-refractivity contribution in [1.29, 1.82) is 0 Å². The van der Waals surface area contributed by atoms with Crippen molar-refractivity contribution >= 4 is 36.1 Å². The Morgan fingerprint density at radius 2 is 1.62 bits per heavy atom. The Labute approximate surface area is 196 Å². The van der Waals surface area contributed by atoms with Gasteiger partial charge in [-0.1, -0.05) is 24.3 Å². The van der Waals surface area contributed by atoms with E-state index in [1.807, 2.05) is 25.1 Å². The van der Waals surface area contributed by atoms with E-state index in [0.29, 0.717) is 13.1 Å². The summed E-state index contributed by atoms with van der Waals surface area (Å²) in [6.45, 7) is 2.85. The maximum atomic E-state index is 12.4. The van der Waals surface area contributed by atoms with Gasteiger partial charge in [-0.25, -0.2) is 4.79 Å². The van der Waals surface area contributed by atoms with Crippen LogP contribution >= 0.6 is 0 Å². The quantitative estimate of drug-likeness (QED) is 0.117. The number of carbonyl (C=O) groups excluding carboxylic acids is 2. The number of amides is 1. The van der Waals surface area contributed by atoms with Crippen LogP contribution in [0.2, 0.25) is 0 Å². The average Bonchev–Trinajstić information content (AvgIpc) is 2.83. The molecule has 0 aliphatic heterocycles. The van der Waals surface area contributed by atoms with Crippen molar-refractivity contribution in [2.24, 2.45) is 0 Å². The van der Waals surface area contributed by atoms with Crippen LogP contribution < -0.4 is 20.0 Å². The molecule has 175 valence electrons. The van der Waals surface area contributed by atoms with Crippen LogP contribution in [0.25, 0.3) is 10.8 Å². The molecule has 0 fully saturated rings. The Balaban J connectivity index is 1.59. The van der Waals surface area contributed by atoms with Crippen molar-refractivity contribution in [3.8, 4) is 11.5 Å². The van der Waals surface area contributed by atoms with E-state index in [1.54, 1.807) is 18.2 Å². The van der Waals surface area contributed by atoms with E-state index in [0.717, 1.165) is 16.3 Å². The zero-order valence-corrected chi connectivity index (χ0v) is 18.6. The van der Waals surface area contributed by atoms with Gasteiger partial charge in [0.15, 0.2) is 0 Å². The lowest BCUT2D eigenvalue weighted by molar-refractivity contribution is -0.384. The number of ether oxygens (including phenoxy) is 2. The summed E-state index contributed by atoms with van der Waals surface area (Å²) in [6, 6.07) is 15.8. The number of fused-ring (bicyclic) bond motifs is 1. The Morgan fingerprint density at radius 3 is 2.32 bits per heavy atom. The first-order chi connectivity index (χ1) is 16.4. The molecule has 11 heteroatoms. The zero-order chi connectivity index (χ0) is 24.5. The van der Waals surface area contributed by atoms with E-state index in [2.05, 4.69) is 10.5 Å². The van der Waals surface area contributed by atoms with Gasteiger partial charge in [-0.3, -0.25) is 14.9 Å². The summed E-state index contributed by atoms with van der Waals surface area (Å²) in [5.41, 5.74) is 0.742. The molecule has 0 aliphatic rings. The van der Waals surface area contributed by atoms with Crippen molar-refractivity contribution in [3.05, 3.63) is 76.3 Å². The Kier molecular flexibility index (Phi) is 8.55. The number of nitro groups is 1. The van der Waals surface area contributed by atoms with Gasteiger partial charge < -0.3 is 24.7 Å². The fourth-order valence-corrected chi connectivity index (χ4v) is 3.13. The van der Waals surface area contributed by atoms with Crippen LogP contribution in [0.4, 0.5) is 10.5 Å². The van der Waals surface area contributed by atoms with E-state index in [4.69, 9.17) is 14.1 Å². The highest BCUT2D eigenvalue weighted by Crippen LogP contribution is 2.26. The second-order valence-corrected chi connectivity index (χ2v) is 7.29. The number of carbonyl (C=O) groups is 2. The molecule has 34 heavy (non-hydrogen) atoms. The van der Waals surface area contributed by atoms with E-state index in [-0.39, 0.29) is 29.0 Å². The standard InChI is InChI=1S/C23H23BN3O7/c1-15(22(28)25-11-12-26-24-32-2)16-3-4-18-14-21(8-5-17(18)13-16)34-23(29)33-20-9-6-19(7-10-20)27(30)31/h3-10,13-15,26H,11-12H2,1-2H3,(H,25,28)/t15-/m1/s1. The molecule has 1 radical (unpaired) electrons. The second kappa shape index (κ2) is 11.8. The molecule has 0 saturated carbocycles. The van der Waals surface area contributed by atoms with Crippen LogP contribution in [0, 0.1) is 10.1 Å². The van der Waals surface area contributed by atoms with E-state index >= 15 is 0 Å². The van der Waals surface area contributed by atoms with Crippen LogP contribution in [0.5, 0.6) is 11.5 Å². The number of nitrogens with zero attached hydrogens (tertiary/aromatic N) is 1. The Hall–Kier alpha value is -3.96. The van der Waals surface area contributed by atoms with Gasteiger partial charge in [0.05, 0.1) is 10.8 Å². The smallest absolute Gasteiger partial charge is 0.427 e. The predicted octanol–water partition coefficient (Wildman–Crippen LogP) is 3.32. The summed E-state index contributed by atoms with van der Waals surface area (Å²) < 4.78 is 15.0. The molecule has 0 saturated heterocycles. The number of nitro benzene ring substituents is 1. The molecule has 3 rings (SSSR count). The molecule has 3 aromatic rings. The summed E-state index contributed by atoms with van der Waals surface area (Å²) in [5, 5.41) is 18.2. The average molecular weight is 464 g/mol. The van der Waals surface area contributed by atoms with E-state index < -0.39 is 11.1 Å². The highest BCUT2D eigenvalue weighted by atomic mass is 16.7. The molecule has 0 spiro atoms. The number of hydrogen-bond acceptors (Lipinski definition) is 8. The maximum absolute atomic E-state index is 12.4. The van der Waals surface area contributed by atoms with Gasteiger partial charge in [0.25, 0.3) is 5.69 Å². The first-order valence-electron chi connectivity index (χ1n) is 10.4. The Morgan fingerprint density at radius 1 is 0.971 bits per heavy atom. The van der Waals surface area contributed by atoms with Crippen LogP contribution in [0.3, 0.4) is 0 Å². The van der Waals surface area contributed by atoms with Crippen molar-refractivity contribution in [2.45, 2.75) is 12.8 Å². The molecule has 0 aromatic heterocycles. The number of rotatable bonds is 10. The summed E-state index contributed by atoms with van der Waals surface area (Å²) in [7, 11) is 2.99.